The summed E-state index contributed by atoms with van der Waals surface area (Å²) >= 11 is 0. The van der Waals surface area contributed by atoms with Crippen LogP contribution in [0.5, 0.6) is 5.75 Å². The molecule has 0 aromatic heterocycles. The third-order valence-corrected chi connectivity index (χ3v) is 4.12. The van der Waals surface area contributed by atoms with Crippen molar-refractivity contribution in [3.8, 4) is 5.75 Å². The summed E-state index contributed by atoms with van der Waals surface area (Å²) in [5.74, 6) is 0.228. The quantitative estimate of drug-likeness (QED) is 0.509. The smallest absolute Gasteiger partial charge is 0.128 e. The highest BCUT2D eigenvalue weighted by molar-refractivity contribution is 5.84. The number of nitrogens with zero attached hydrogens (tertiary/aromatic N) is 2. The monoisotopic (exact) mass is 290 g/mol. The van der Waals surface area contributed by atoms with Gasteiger partial charge in [0.1, 0.15) is 5.75 Å². The molecule has 1 heterocycles. The number of hydrogen-bond donors (Lipinski definition) is 2. The molecular formula is C17H26N2O2. The van der Waals surface area contributed by atoms with E-state index in [1.807, 2.05) is 6.07 Å². The number of phenols is 1. The van der Waals surface area contributed by atoms with E-state index < -0.39 is 0 Å². The van der Waals surface area contributed by atoms with Gasteiger partial charge in [0.05, 0.1) is 6.21 Å². The standard InChI is InChI=1S/C17H26N2O2/c1-17(2,3)15-9-13(11-18-21)16(20)14(10-15)12-19-7-5-4-6-8-19/h9-11,20-21H,4-8,12H2,1-3H3/b18-11+. The van der Waals surface area contributed by atoms with Gasteiger partial charge in [0.25, 0.3) is 0 Å². The Morgan fingerprint density at radius 1 is 1.19 bits per heavy atom. The molecular weight excluding hydrogens is 264 g/mol. The van der Waals surface area contributed by atoms with E-state index >= 15 is 0 Å². The fraction of sp³-hybridized carbons (Fsp3) is 0.588. The van der Waals surface area contributed by atoms with Crippen LogP contribution in [0.2, 0.25) is 0 Å². The van der Waals surface area contributed by atoms with E-state index in [0.717, 1.165) is 30.8 Å². The Kier molecular flexibility index (Phi) is 4.88. The van der Waals surface area contributed by atoms with Gasteiger partial charge in [-0.15, -0.1) is 0 Å². The summed E-state index contributed by atoms with van der Waals surface area (Å²) in [6.45, 7) is 9.35. The molecule has 0 radical (unpaired) electrons. The Balaban J connectivity index is 2.35. The molecule has 0 unspecified atom stereocenters. The van der Waals surface area contributed by atoms with Crippen LogP contribution in [0.3, 0.4) is 0 Å². The molecule has 1 aromatic rings. The van der Waals surface area contributed by atoms with Gasteiger partial charge in [0, 0.05) is 17.7 Å². The third kappa shape index (κ3) is 3.97. The number of likely N-dealkylation sites (tertiary alicyclic amines) is 1. The zero-order valence-corrected chi connectivity index (χ0v) is 13.3. The third-order valence-electron chi connectivity index (χ3n) is 4.12. The molecule has 1 saturated heterocycles. The van der Waals surface area contributed by atoms with E-state index in [0.29, 0.717) is 5.56 Å². The van der Waals surface area contributed by atoms with Gasteiger partial charge in [0.15, 0.2) is 0 Å². The molecule has 0 amide bonds. The van der Waals surface area contributed by atoms with Crippen molar-refractivity contribution in [2.45, 2.75) is 52.0 Å². The zero-order valence-electron chi connectivity index (χ0n) is 13.3. The fourth-order valence-electron chi connectivity index (χ4n) is 2.79. The van der Waals surface area contributed by atoms with Crippen molar-refractivity contribution in [2.75, 3.05) is 13.1 Å². The number of benzene rings is 1. The van der Waals surface area contributed by atoms with Gasteiger partial charge in [-0.05, 0) is 43.0 Å². The summed E-state index contributed by atoms with van der Waals surface area (Å²) in [6.07, 6.45) is 5.06. The molecule has 4 heteroatoms. The van der Waals surface area contributed by atoms with Crippen molar-refractivity contribution >= 4 is 6.21 Å². The number of oxime groups is 1. The van der Waals surface area contributed by atoms with Crippen molar-refractivity contribution in [1.29, 1.82) is 0 Å². The van der Waals surface area contributed by atoms with Crippen LogP contribution in [0.1, 0.15) is 56.7 Å². The molecule has 1 aromatic carbocycles. The maximum absolute atomic E-state index is 10.4. The largest absolute Gasteiger partial charge is 0.507 e. The van der Waals surface area contributed by atoms with Gasteiger partial charge < -0.3 is 10.3 Å². The molecule has 2 rings (SSSR count). The second-order valence-corrected chi connectivity index (χ2v) is 6.90. The van der Waals surface area contributed by atoms with E-state index in [4.69, 9.17) is 5.21 Å². The van der Waals surface area contributed by atoms with Crippen molar-refractivity contribution in [3.63, 3.8) is 0 Å². The summed E-state index contributed by atoms with van der Waals surface area (Å²) < 4.78 is 0. The lowest BCUT2D eigenvalue weighted by atomic mass is 9.84. The Morgan fingerprint density at radius 2 is 1.86 bits per heavy atom. The number of aromatic hydroxyl groups is 1. The number of phenolic OH excluding ortho intramolecular Hbond substituents is 1. The van der Waals surface area contributed by atoms with E-state index in [9.17, 15) is 5.11 Å². The van der Waals surface area contributed by atoms with Crippen LogP contribution < -0.4 is 0 Å². The molecule has 116 valence electrons. The normalized spacial score (nSPS) is 17.5. The van der Waals surface area contributed by atoms with Crippen molar-refractivity contribution < 1.29 is 10.3 Å². The lowest BCUT2D eigenvalue weighted by Gasteiger charge is -2.28. The lowest BCUT2D eigenvalue weighted by Crippen LogP contribution is -2.29. The van der Waals surface area contributed by atoms with Crippen LogP contribution in [0.15, 0.2) is 17.3 Å². The first-order valence-corrected chi connectivity index (χ1v) is 7.68. The zero-order chi connectivity index (χ0) is 15.5. The molecule has 0 bridgehead atoms. The molecule has 1 aliphatic rings. The van der Waals surface area contributed by atoms with Gasteiger partial charge >= 0.3 is 0 Å². The molecule has 1 fully saturated rings. The van der Waals surface area contributed by atoms with Crippen LogP contribution >= 0.6 is 0 Å². The van der Waals surface area contributed by atoms with Crippen LogP contribution in [-0.2, 0) is 12.0 Å². The molecule has 1 aliphatic heterocycles. The second-order valence-electron chi connectivity index (χ2n) is 6.90. The van der Waals surface area contributed by atoms with E-state index in [1.165, 1.54) is 25.5 Å². The van der Waals surface area contributed by atoms with Gasteiger partial charge in [-0.3, -0.25) is 4.90 Å². The Bertz CT molecular complexity index is 512. The fourth-order valence-corrected chi connectivity index (χ4v) is 2.79. The predicted molar refractivity (Wildman–Crippen MR) is 85.3 cm³/mol. The van der Waals surface area contributed by atoms with E-state index in [1.54, 1.807) is 0 Å². The minimum atomic E-state index is -0.0115. The van der Waals surface area contributed by atoms with Gasteiger partial charge in [0.2, 0.25) is 0 Å². The molecule has 2 N–H and O–H groups in total. The maximum Gasteiger partial charge on any atom is 0.128 e. The Morgan fingerprint density at radius 3 is 2.43 bits per heavy atom. The van der Waals surface area contributed by atoms with Crippen molar-refractivity contribution in [2.24, 2.45) is 5.16 Å². The number of piperidine rings is 1. The molecule has 0 spiro atoms. The average molecular weight is 290 g/mol. The average Bonchev–Trinajstić information content (AvgIpc) is 2.43. The maximum atomic E-state index is 10.4. The summed E-state index contributed by atoms with van der Waals surface area (Å²) in [6, 6.07) is 3.98. The minimum Gasteiger partial charge on any atom is -0.507 e. The van der Waals surface area contributed by atoms with Gasteiger partial charge in [-0.1, -0.05) is 38.4 Å². The molecule has 4 nitrogen and oxygen atoms in total. The van der Waals surface area contributed by atoms with Crippen LogP contribution in [0.4, 0.5) is 0 Å². The molecule has 21 heavy (non-hydrogen) atoms. The Labute approximate surface area is 127 Å². The minimum absolute atomic E-state index is 0.0115. The summed E-state index contributed by atoms with van der Waals surface area (Å²) in [5.41, 5.74) is 2.63. The highest BCUT2D eigenvalue weighted by Crippen LogP contribution is 2.31. The molecule has 0 aliphatic carbocycles. The number of rotatable bonds is 3. The van der Waals surface area contributed by atoms with E-state index in [2.05, 4.69) is 36.9 Å². The number of hydrogen-bond acceptors (Lipinski definition) is 4. The first-order valence-electron chi connectivity index (χ1n) is 7.68. The first kappa shape index (κ1) is 15.8. The molecule has 0 atom stereocenters. The van der Waals surface area contributed by atoms with Crippen molar-refractivity contribution in [1.82, 2.24) is 4.90 Å². The predicted octanol–water partition coefficient (Wildman–Crippen LogP) is 3.48. The second kappa shape index (κ2) is 6.48. The summed E-state index contributed by atoms with van der Waals surface area (Å²) in [4.78, 5) is 2.38. The van der Waals surface area contributed by atoms with Crippen LogP contribution in [0.25, 0.3) is 0 Å². The Hall–Kier alpha value is -1.55. The summed E-state index contributed by atoms with van der Waals surface area (Å²) in [7, 11) is 0. The van der Waals surface area contributed by atoms with E-state index in [-0.39, 0.29) is 11.2 Å². The lowest BCUT2D eigenvalue weighted by molar-refractivity contribution is 0.218. The summed E-state index contributed by atoms with van der Waals surface area (Å²) in [5, 5.41) is 22.3. The first-order chi connectivity index (χ1) is 9.91. The van der Waals surface area contributed by atoms with Gasteiger partial charge in [-0.2, -0.15) is 0 Å². The van der Waals surface area contributed by atoms with Crippen molar-refractivity contribution in [3.05, 3.63) is 28.8 Å². The molecule has 0 saturated carbocycles. The highest BCUT2D eigenvalue weighted by Gasteiger charge is 2.20. The SMILES string of the molecule is CC(C)(C)c1cc(/C=N/O)c(O)c(CN2CCCCC2)c1. The van der Waals surface area contributed by atoms with Crippen LogP contribution in [-0.4, -0.2) is 34.5 Å². The highest BCUT2D eigenvalue weighted by atomic mass is 16.4. The van der Waals surface area contributed by atoms with Crippen LogP contribution in [0, 0.1) is 0 Å². The topological polar surface area (TPSA) is 56.1 Å². The van der Waals surface area contributed by atoms with Gasteiger partial charge in [-0.25, -0.2) is 0 Å².